The van der Waals surface area contributed by atoms with Gasteiger partial charge in [-0.2, -0.15) is 19.8 Å². The number of hydrogen-bond donors (Lipinski definition) is 3. The zero-order valence-corrected chi connectivity index (χ0v) is 9.83. The summed E-state index contributed by atoms with van der Waals surface area (Å²) in [7, 11) is 0. The van der Waals surface area contributed by atoms with Gasteiger partial charge in [0.15, 0.2) is 0 Å². The van der Waals surface area contributed by atoms with E-state index in [1.54, 1.807) is 0 Å². The summed E-state index contributed by atoms with van der Waals surface area (Å²) in [5, 5.41) is 2.42. The van der Waals surface area contributed by atoms with Crippen molar-refractivity contribution in [2.24, 2.45) is 0 Å². The molecule has 19 heavy (non-hydrogen) atoms. The summed E-state index contributed by atoms with van der Waals surface area (Å²) in [6, 6.07) is 0. The van der Waals surface area contributed by atoms with Crippen LogP contribution in [0.1, 0.15) is 12.8 Å². The molecule has 0 saturated carbocycles. The van der Waals surface area contributed by atoms with Gasteiger partial charge in [0, 0.05) is 6.42 Å². The van der Waals surface area contributed by atoms with E-state index in [0.717, 1.165) is 0 Å². The van der Waals surface area contributed by atoms with Crippen LogP contribution in [0.5, 0.6) is 0 Å². The number of aromatic nitrogens is 3. The molecule has 1 amide bonds. The maximum atomic E-state index is 12.1. The Morgan fingerprint density at radius 3 is 2.58 bits per heavy atom. The van der Waals surface area contributed by atoms with E-state index in [0.29, 0.717) is 19.4 Å². The van der Waals surface area contributed by atoms with Crippen LogP contribution in [0.4, 0.5) is 17.8 Å². The van der Waals surface area contributed by atoms with Gasteiger partial charge in [0.05, 0.1) is 6.61 Å². The predicted molar refractivity (Wildman–Crippen MR) is 61.2 cm³/mol. The average Bonchev–Trinajstić information content (AvgIpc) is 2.39. The first-order valence-electron chi connectivity index (χ1n) is 5.64. The lowest BCUT2D eigenvalue weighted by Crippen LogP contribution is -2.57. The molecule has 1 aromatic heterocycles. The first-order chi connectivity index (χ1) is 9.07. The Labute approximate surface area is 107 Å². The molecule has 3 saturated heterocycles. The minimum Gasteiger partial charge on any atom is -0.368 e. The zero-order chi connectivity index (χ0) is 13.5. The van der Waals surface area contributed by atoms with Gasteiger partial charge in [-0.05, 0) is 6.42 Å². The molecule has 2 bridgehead atoms. The second-order valence-electron chi connectivity index (χ2n) is 4.23. The summed E-state index contributed by atoms with van der Waals surface area (Å²) < 4.78 is 5.37. The van der Waals surface area contributed by atoms with Crippen molar-refractivity contribution in [3.05, 3.63) is 0 Å². The maximum Gasteiger partial charge on any atom is 0.290 e. The molecule has 4 rings (SSSR count). The van der Waals surface area contributed by atoms with E-state index in [-0.39, 0.29) is 23.9 Å². The molecule has 3 fully saturated rings. The Balaban J connectivity index is 1.77. The van der Waals surface area contributed by atoms with Crippen LogP contribution in [0.2, 0.25) is 0 Å². The average molecular weight is 268 g/mol. The fourth-order valence-electron chi connectivity index (χ4n) is 1.90. The molecule has 10 nitrogen and oxygen atoms in total. The van der Waals surface area contributed by atoms with Crippen LogP contribution < -0.4 is 16.8 Å². The molecule has 2 unspecified atom stereocenters. The number of nitrogens with two attached hydrogens (primary N) is 2. The molecule has 0 spiro atoms. The smallest absolute Gasteiger partial charge is 0.290 e. The third-order valence-electron chi connectivity index (χ3n) is 2.86. The topological polar surface area (TPSA) is 148 Å². The SMILES string of the molecule is Nc1nc(N)nc(NC(=O)C23CCC(CO2)OO3)n1. The highest BCUT2D eigenvalue weighted by molar-refractivity contribution is 5.95. The molecule has 0 radical (unpaired) electrons. The number of amides is 1. The molecule has 102 valence electrons. The van der Waals surface area contributed by atoms with Crippen molar-refractivity contribution in [3.8, 4) is 0 Å². The second-order valence-corrected chi connectivity index (χ2v) is 4.23. The minimum atomic E-state index is -1.47. The van der Waals surface area contributed by atoms with E-state index in [9.17, 15) is 4.79 Å². The maximum absolute atomic E-state index is 12.1. The van der Waals surface area contributed by atoms with Crippen molar-refractivity contribution in [1.29, 1.82) is 0 Å². The normalized spacial score (nSPS) is 29.2. The van der Waals surface area contributed by atoms with E-state index in [2.05, 4.69) is 20.3 Å². The number of carbonyl (C=O) groups is 1. The molecule has 5 N–H and O–H groups in total. The molecule has 3 aliphatic rings. The number of fused-ring (bicyclic) bond motifs is 3. The summed E-state index contributed by atoms with van der Waals surface area (Å²) >= 11 is 0. The molecule has 10 heteroatoms. The van der Waals surface area contributed by atoms with Crippen molar-refractivity contribution in [2.75, 3.05) is 23.4 Å². The molecule has 1 aromatic rings. The summed E-state index contributed by atoms with van der Waals surface area (Å²) in [6.45, 7) is 0.300. The van der Waals surface area contributed by atoms with Crippen molar-refractivity contribution < 1.29 is 19.3 Å². The third-order valence-corrected chi connectivity index (χ3v) is 2.86. The first kappa shape index (κ1) is 12.0. The van der Waals surface area contributed by atoms with E-state index in [1.807, 2.05) is 0 Å². The van der Waals surface area contributed by atoms with Gasteiger partial charge in [-0.3, -0.25) is 10.1 Å². The molecule has 0 aliphatic carbocycles. The molecule has 0 aromatic carbocycles. The summed E-state index contributed by atoms with van der Waals surface area (Å²) in [5.74, 6) is -2.29. The van der Waals surface area contributed by atoms with Crippen LogP contribution in [-0.2, 0) is 19.3 Å². The molecule has 4 heterocycles. The van der Waals surface area contributed by atoms with E-state index < -0.39 is 11.7 Å². The first-order valence-corrected chi connectivity index (χ1v) is 5.64. The number of nitrogens with one attached hydrogen (secondary N) is 1. The van der Waals surface area contributed by atoms with Gasteiger partial charge in [-0.1, -0.05) is 0 Å². The number of nitrogens with zero attached hydrogens (tertiary/aromatic N) is 3. The van der Waals surface area contributed by atoms with Gasteiger partial charge in [-0.25, -0.2) is 4.89 Å². The number of carbonyl (C=O) groups excluding carboxylic acids is 1. The molecular formula is C9H12N6O4. The summed E-state index contributed by atoms with van der Waals surface area (Å²) in [6.07, 6.45) is 0.937. The van der Waals surface area contributed by atoms with Gasteiger partial charge < -0.3 is 16.2 Å². The van der Waals surface area contributed by atoms with Crippen LogP contribution in [0.15, 0.2) is 0 Å². The van der Waals surface area contributed by atoms with Crippen molar-refractivity contribution in [2.45, 2.75) is 24.7 Å². The van der Waals surface area contributed by atoms with Gasteiger partial charge in [0.2, 0.25) is 17.8 Å². The Kier molecular flexibility index (Phi) is 2.69. The number of anilines is 3. The van der Waals surface area contributed by atoms with Crippen LogP contribution in [0.3, 0.4) is 0 Å². The monoisotopic (exact) mass is 268 g/mol. The highest BCUT2D eigenvalue weighted by Crippen LogP contribution is 2.35. The quantitative estimate of drug-likeness (QED) is 0.563. The number of hydrogen-bond acceptors (Lipinski definition) is 9. The lowest BCUT2D eigenvalue weighted by atomic mass is 10.0. The molecule has 3 aliphatic heterocycles. The molecular weight excluding hydrogens is 256 g/mol. The van der Waals surface area contributed by atoms with Gasteiger partial charge in [0.1, 0.15) is 6.10 Å². The largest absolute Gasteiger partial charge is 0.368 e. The standard InChI is InChI=1S/C9H12N6O4/c10-6-13-7(11)15-8(14-6)12-5(16)9-2-1-4(3-17-9)18-19-9/h4H,1-3H2,(H5,10,11,12,13,14,15,16). The van der Waals surface area contributed by atoms with Gasteiger partial charge in [0.25, 0.3) is 11.7 Å². The lowest BCUT2D eigenvalue weighted by Gasteiger charge is -2.42. The number of rotatable bonds is 2. The number of nitrogen functional groups attached to an aromatic ring is 2. The lowest BCUT2D eigenvalue weighted by molar-refractivity contribution is -0.493. The Morgan fingerprint density at radius 1 is 1.32 bits per heavy atom. The second kappa shape index (κ2) is 4.26. The van der Waals surface area contributed by atoms with E-state index in [4.69, 9.17) is 26.0 Å². The Hall–Kier alpha value is -2.04. The number of ether oxygens (including phenoxy) is 1. The van der Waals surface area contributed by atoms with E-state index in [1.165, 1.54) is 0 Å². The van der Waals surface area contributed by atoms with Crippen molar-refractivity contribution >= 4 is 23.8 Å². The Morgan fingerprint density at radius 2 is 2.05 bits per heavy atom. The Bertz CT molecular complexity index is 481. The zero-order valence-electron chi connectivity index (χ0n) is 9.83. The highest BCUT2D eigenvalue weighted by atomic mass is 17.2. The predicted octanol–water partition coefficient (Wildman–Crippen LogP) is -1.19. The van der Waals surface area contributed by atoms with Crippen LogP contribution in [0, 0.1) is 0 Å². The third kappa shape index (κ3) is 2.16. The van der Waals surface area contributed by atoms with E-state index >= 15 is 0 Å². The van der Waals surface area contributed by atoms with Gasteiger partial charge in [-0.15, -0.1) is 0 Å². The summed E-state index contributed by atoms with van der Waals surface area (Å²) in [5.41, 5.74) is 10.8. The highest BCUT2D eigenvalue weighted by Gasteiger charge is 2.51. The van der Waals surface area contributed by atoms with Crippen molar-refractivity contribution in [3.63, 3.8) is 0 Å². The fraction of sp³-hybridized carbons (Fsp3) is 0.556. The van der Waals surface area contributed by atoms with Crippen LogP contribution in [0.25, 0.3) is 0 Å². The fourth-order valence-corrected chi connectivity index (χ4v) is 1.90. The molecule has 2 atom stereocenters. The van der Waals surface area contributed by atoms with Crippen molar-refractivity contribution in [1.82, 2.24) is 15.0 Å². The minimum absolute atomic E-state index is 0.0655. The van der Waals surface area contributed by atoms with Crippen LogP contribution in [-0.4, -0.2) is 39.4 Å². The van der Waals surface area contributed by atoms with Gasteiger partial charge >= 0.3 is 0 Å². The van der Waals surface area contributed by atoms with Crippen LogP contribution >= 0.6 is 0 Å². The summed E-state index contributed by atoms with van der Waals surface area (Å²) in [4.78, 5) is 33.2.